The second-order valence-electron chi connectivity index (χ2n) is 4.31. The summed E-state index contributed by atoms with van der Waals surface area (Å²) in [4.78, 5) is 0. The van der Waals surface area contributed by atoms with Crippen molar-refractivity contribution in [1.82, 2.24) is 0 Å². The van der Waals surface area contributed by atoms with E-state index in [0.29, 0.717) is 0 Å². The minimum absolute atomic E-state index is 0. The van der Waals surface area contributed by atoms with Gasteiger partial charge in [0.2, 0.25) is 0 Å². The summed E-state index contributed by atoms with van der Waals surface area (Å²) in [6.45, 7) is 0. The smallest absolute Gasteiger partial charge is 0.0809 e. The van der Waals surface area contributed by atoms with E-state index < -0.39 is 0 Å². The monoisotopic (exact) mass is 408 g/mol. The summed E-state index contributed by atoms with van der Waals surface area (Å²) in [6, 6.07) is 29.3. The van der Waals surface area contributed by atoms with Gasteiger partial charge in [-0.3, -0.25) is 0 Å². The largest absolute Gasteiger partial charge is 0.168 e. The zero-order valence-corrected chi connectivity index (χ0v) is 18.1. The van der Waals surface area contributed by atoms with Crippen LogP contribution in [0.4, 0.5) is 0 Å². The Balaban J connectivity index is -0.000000290. The van der Waals surface area contributed by atoms with E-state index in [0.717, 1.165) is 0 Å². The molecule has 0 nitrogen and oxygen atoms in total. The molecule has 0 saturated heterocycles. The van der Waals surface area contributed by atoms with Crippen molar-refractivity contribution in [3.05, 3.63) is 99.8 Å². The van der Waals surface area contributed by atoms with Crippen LogP contribution in [-0.2, 0) is 19.2 Å². The summed E-state index contributed by atoms with van der Waals surface area (Å²) >= 11 is 1.81. The van der Waals surface area contributed by atoms with Crippen LogP contribution < -0.4 is 0 Å². The van der Waals surface area contributed by atoms with Gasteiger partial charge in [-0.15, -0.1) is 84.1 Å². The number of hydrogen-bond donors (Lipinski definition) is 0. The Bertz CT molecular complexity index is 651. The minimum Gasteiger partial charge on any atom is -0.168 e. The van der Waals surface area contributed by atoms with Crippen molar-refractivity contribution in [2.75, 3.05) is 0 Å². The first-order chi connectivity index (χ1) is 9.93. The normalized spacial score (nSPS) is 7.79. The second-order valence-corrected chi connectivity index (χ2v) is 4.31. The van der Waals surface area contributed by atoms with Gasteiger partial charge in [-0.2, -0.15) is 35.0 Å². The SMILES string of the molecule is Cl.Cl.[CH3-].[CH3-].[Si]=[Ti].c1ccc2[cH-]ccc2c1.c1ccc2[cH-]ccc2c1. The Hall–Kier alpha value is -0.829. The van der Waals surface area contributed by atoms with Crippen molar-refractivity contribution in [2.24, 2.45) is 0 Å². The molecular formula is C20H22Cl2SiTi-4. The fourth-order valence-corrected chi connectivity index (χ4v) is 2.14. The predicted octanol–water partition coefficient (Wildman–Crippen LogP) is 6.48. The fourth-order valence-electron chi connectivity index (χ4n) is 2.14. The van der Waals surface area contributed by atoms with E-state index in [1.54, 1.807) is 19.2 Å². The molecule has 4 aromatic carbocycles. The van der Waals surface area contributed by atoms with Crippen molar-refractivity contribution in [3.63, 3.8) is 0 Å². The number of benzene rings is 2. The summed E-state index contributed by atoms with van der Waals surface area (Å²) in [5.74, 6) is 0. The Morgan fingerprint density at radius 1 is 0.583 bits per heavy atom. The Labute approximate surface area is 172 Å². The Morgan fingerprint density at radius 2 is 0.917 bits per heavy atom. The third-order valence-electron chi connectivity index (χ3n) is 3.10. The fraction of sp³-hybridized carbons (Fsp3) is 0. The minimum atomic E-state index is 0. The average Bonchev–Trinajstić information content (AvgIpc) is 3.18. The van der Waals surface area contributed by atoms with Crippen LogP contribution >= 0.6 is 24.8 Å². The van der Waals surface area contributed by atoms with Crippen LogP contribution in [0.1, 0.15) is 0 Å². The summed E-state index contributed by atoms with van der Waals surface area (Å²) in [6.07, 6.45) is 0. The maximum atomic E-state index is 2.97. The number of rotatable bonds is 0. The molecule has 0 aliphatic carbocycles. The van der Waals surface area contributed by atoms with E-state index in [1.165, 1.54) is 21.5 Å². The van der Waals surface area contributed by atoms with Crippen molar-refractivity contribution in [1.29, 1.82) is 0 Å². The third kappa shape index (κ3) is 7.83. The quantitative estimate of drug-likeness (QED) is 0.230. The van der Waals surface area contributed by atoms with Gasteiger partial charge in [0.1, 0.15) is 0 Å². The van der Waals surface area contributed by atoms with E-state index in [-0.39, 0.29) is 39.7 Å². The van der Waals surface area contributed by atoms with Crippen molar-refractivity contribution in [2.45, 2.75) is 0 Å². The number of halogens is 2. The molecule has 2 radical (unpaired) electrons. The van der Waals surface area contributed by atoms with Crippen LogP contribution in [0.5, 0.6) is 0 Å². The first kappa shape index (κ1) is 28.0. The Kier molecular flexibility index (Phi) is 18.3. The number of hydrogen-bond acceptors (Lipinski definition) is 0. The second kappa shape index (κ2) is 15.7. The zero-order valence-electron chi connectivity index (χ0n) is 13.9. The van der Waals surface area contributed by atoms with E-state index in [2.05, 4.69) is 92.6 Å². The van der Waals surface area contributed by atoms with E-state index >= 15 is 0 Å². The molecule has 0 unspecified atom stereocenters. The van der Waals surface area contributed by atoms with Crippen LogP contribution in [0.3, 0.4) is 0 Å². The molecule has 0 N–H and O–H groups in total. The molecule has 0 fully saturated rings. The van der Waals surface area contributed by atoms with Gasteiger partial charge >= 0.3 is 26.8 Å². The first-order valence-electron chi connectivity index (χ1n) is 6.39. The van der Waals surface area contributed by atoms with Gasteiger partial charge in [-0.1, -0.05) is 12.1 Å². The molecule has 0 bridgehead atoms. The van der Waals surface area contributed by atoms with Gasteiger partial charge in [-0.05, 0) is 0 Å². The number of fused-ring (bicyclic) bond motifs is 2. The molecule has 0 heterocycles. The van der Waals surface area contributed by atoms with Crippen molar-refractivity contribution in [3.8, 4) is 0 Å². The summed E-state index contributed by atoms with van der Waals surface area (Å²) in [5.41, 5.74) is 0. The molecule has 0 aliphatic heterocycles. The van der Waals surface area contributed by atoms with Gasteiger partial charge in [0.25, 0.3) is 0 Å². The van der Waals surface area contributed by atoms with Gasteiger partial charge in [0, 0.05) is 0 Å². The summed E-state index contributed by atoms with van der Waals surface area (Å²) in [7, 11) is 2.97. The van der Waals surface area contributed by atoms with Crippen LogP contribution in [0, 0.1) is 14.9 Å². The molecule has 4 rings (SSSR count). The maximum absolute atomic E-state index is 2.97. The predicted molar refractivity (Wildman–Crippen MR) is 112 cm³/mol. The topological polar surface area (TPSA) is 0 Å². The van der Waals surface area contributed by atoms with Crippen LogP contribution in [0.2, 0.25) is 0 Å². The maximum Gasteiger partial charge on any atom is -0.0809 e. The van der Waals surface area contributed by atoms with E-state index in [9.17, 15) is 0 Å². The third-order valence-corrected chi connectivity index (χ3v) is 3.10. The van der Waals surface area contributed by atoms with Gasteiger partial charge in [0.05, 0.1) is 0 Å². The molecule has 0 atom stereocenters. The molecule has 0 aliphatic rings. The van der Waals surface area contributed by atoms with Gasteiger partial charge in [-0.25, -0.2) is 0 Å². The summed E-state index contributed by atoms with van der Waals surface area (Å²) < 4.78 is 0. The molecule has 0 amide bonds. The Morgan fingerprint density at radius 3 is 1.25 bits per heavy atom. The van der Waals surface area contributed by atoms with Crippen LogP contribution in [-0.4, -0.2) is 7.63 Å². The standard InChI is InChI=1S/2C9H7.2CH3.2ClH.Si.Ti/c2*1-2-5-9-7-3-6-8(9)4-1;;;;;;/h2*1-7H;2*1H3;2*1H;;/q4*-1;;;;. The molecule has 24 heavy (non-hydrogen) atoms. The molecule has 4 heteroatoms. The van der Waals surface area contributed by atoms with E-state index in [4.69, 9.17) is 0 Å². The van der Waals surface area contributed by atoms with Gasteiger partial charge < -0.3 is 14.9 Å². The molecule has 4 aromatic rings. The molecular weight excluding hydrogens is 387 g/mol. The van der Waals surface area contributed by atoms with Crippen LogP contribution in [0.25, 0.3) is 21.5 Å². The van der Waals surface area contributed by atoms with Crippen LogP contribution in [0.15, 0.2) is 84.9 Å². The molecule has 128 valence electrons. The molecule has 0 saturated carbocycles. The average molecular weight is 409 g/mol. The first-order valence-corrected chi connectivity index (χ1v) is 9.24. The van der Waals surface area contributed by atoms with Gasteiger partial charge in [0.15, 0.2) is 0 Å². The van der Waals surface area contributed by atoms with Crippen molar-refractivity contribution >= 4 is 54.0 Å². The molecule has 0 spiro atoms. The van der Waals surface area contributed by atoms with Crippen molar-refractivity contribution < 1.29 is 19.2 Å². The van der Waals surface area contributed by atoms with E-state index in [1.807, 2.05) is 0 Å². The summed E-state index contributed by atoms with van der Waals surface area (Å²) in [5, 5.41) is 5.32. The molecule has 0 aromatic heterocycles. The zero-order chi connectivity index (χ0) is 14.2.